The zero-order valence-corrected chi connectivity index (χ0v) is 14.3. The molecule has 0 atom stereocenters. The molecule has 1 aliphatic rings. The molecule has 1 saturated carbocycles. The number of hydrogen-bond donors (Lipinski definition) is 0. The van der Waals surface area contributed by atoms with E-state index in [0.717, 1.165) is 30.2 Å². The van der Waals surface area contributed by atoms with Crippen LogP contribution in [0.5, 0.6) is 0 Å². The van der Waals surface area contributed by atoms with Crippen LogP contribution >= 0.6 is 0 Å². The Kier molecular flexibility index (Phi) is 5.15. The fraction of sp³-hybridized carbons (Fsp3) is 0.455. The second-order valence-corrected chi connectivity index (χ2v) is 7.28. The molecule has 0 amide bonds. The average Bonchev–Trinajstić information content (AvgIpc) is 2.57. The monoisotopic (exact) mass is 310 g/mol. The Balaban J connectivity index is 1.58. The van der Waals surface area contributed by atoms with Crippen molar-refractivity contribution in [3.63, 3.8) is 0 Å². The summed E-state index contributed by atoms with van der Waals surface area (Å²) in [6.45, 7) is 4.20. The highest BCUT2D eigenvalue weighted by Crippen LogP contribution is 2.35. The molecular weight excluding hydrogens is 283 g/mol. The summed E-state index contributed by atoms with van der Waals surface area (Å²) in [4.78, 5) is 0. The van der Waals surface area contributed by atoms with Crippen molar-refractivity contribution in [3.05, 3.63) is 70.5 Å². The summed E-state index contributed by atoms with van der Waals surface area (Å²) in [5, 5.41) is 0. The molecule has 0 nitrogen and oxygen atoms in total. The van der Waals surface area contributed by atoms with Gasteiger partial charge in [0.05, 0.1) is 0 Å². The smallest absolute Gasteiger partial charge is 0.126 e. The van der Waals surface area contributed by atoms with Crippen LogP contribution in [0.25, 0.3) is 0 Å². The van der Waals surface area contributed by atoms with Crippen LogP contribution in [0.3, 0.4) is 0 Å². The minimum atomic E-state index is -0.111. The van der Waals surface area contributed by atoms with Crippen LogP contribution in [0.2, 0.25) is 0 Å². The van der Waals surface area contributed by atoms with Crippen LogP contribution in [0.1, 0.15) is 60.8 Å². The van der Waals surface area contributed by atoms with Gasteiger partial charge in [-0.3, -0.25) is 0 Å². The molecule has 1 aliphatic carbocycles. The maximum Gasteiger partial charge on any atom is 0.126 e. The van der Waals surface area contributed by atoms with Crippen LogP contribution in [0.15, 0.2) is 42.5 Å². The summed E-state index contributed by atoms with van der Waals surface area (Å²) >= 11 is 0. The van der Waals surface area contributed by atoms with Crippen molar-refractivity contribution < 1.29 is 4.39 Å². The molecule has 0 aromatic heterocycles. The molecule has 122 valence electrons. The number of halogens is 1. The molecule has 0 N–H and O–H groups in total. The normalized spacial score (nSPS) is 21.3. The Morgan fingerprint density at radius 3 is 2.13 bits per heavy atom. The van der Waals surface area contributed by atoms with E-state index in [1.807, 2.05) is 19.1 Å². The molecule has 3 rings (SSSR count). The van der Waals surface area contributed by atoms with Gasteiger partial charge in [-0.05, 0) is 72.8 Å². The highest BCUT2D eigenvalue weighted by Gasteiger charge is 2.19. The first kappa shape index (κ1) is 16.2. The third-order valence-corrected chi connectivity index (χ3v) is 5.39. The largest absolute Gasteiger partial charge is 0.207 e. The number of rotatable bonds is 4. The molecule has 2 aromatic rings. The van der Waals surface area contributed by atoms with E-state index in [-0.39, 0.29) is 5.82 Å². The Hall–Kier alpha value is -1.63. The molecule has 1 fully saturated rings. The first-order valence-corrected chi connectivity index (χ1v) is 8.95. The zero-order valence-electron chi connectivity index (χ0n) is 14.3. The number of hydrogen-bond acceptors (Lipinski definition) is 0. The summed E-state index contributed by atoms with van der Waals surface area (Å²) in [7, 11) is 0. The summed E-state index contributed by atoms with van der Waals surface area (Å²) < 4.78 is 13.3. The molecule has 0 saturated heterocycles. The van der Waals surface area contributed by atoms with Gasteiger partial charge in [-0.2, -0.15) is 0 Å². The lowest BCUT2D eigenvalue weighted by molar-refractivity contribution is 0.348. The van der Waals surface area contributed by atoms with Crippen LogP contribution in [0.4, 0.5) is 4.39 Å². The first-order chi connectivity index (χ1) is 11.1. The first-order valence-electron chi connectivity index (χ1n) is 8.95. The lowest BCUT2D eigenvalue weighted by Crippen LogP contribution is -2.10. The molecule has 0 bridgehead atoms. The molecular formula is C22H27F. The highest BCUT2D eigenvalue weighted by atomic mass is 19.1. The fourth-order valence-corrected chi connectivity index (χ4v) is 3.70. The minimum Gasteiger partial charge on any atom is -0.207 e. The molecule has 0 aliphatic heterocycles. The van der Waals surface area contributed by atoms with Crippen molar-refractivity contribution in [3.8, 4) is 0 Å². The van der Waals surface area contributed by atoms with Gasteiger partial charge in [0.25, 0.3) is 0 Å². The Bertz CT molecular complexity index is 634. The quantitative estimate of drug-likeness (QED) is 0.629. The van der Waals surface area contributed by atoms with Crippen molar-refractivity contribution >= 4 is 0 Å². The topological polar surface area (TPSA) is 0 Å². The van der Waals surface area contributed by atoms with Crippen LogP contribution in [-0.2, 0) is 12.8 Å². The average molecular weight is 310 g/mol. The van der Waals surface area contributed by atoms with E-state index in [4.69, 9.17) is 0 Å². The second-order valence-electron chi connectivity index (χ2n) is 7.28. The predicted octanol–water partition coefficient (Wildman–Crippen LogP) is 6.21. The van der Waals surface area contributed by atoms with E-state index >= 15 is 0 Å². The van der Waals surface area contributed by atoms with Gasteiger partial charge in [-0.1, -0.05) is 56.2 Å². The van der Waals surface area contributed by atoms with Gasteiger partial charge >= 0.3 is 0 Å². The predicted molar refractivity (Wildman–Crippen MR) is 95.4 cm³/mol. The molecule has 23 heavy (non-hydrogen) atoms. The molecule has 0 radical (unpaired) electrons. The van der Waals surface area contributed by atoms with E-state index in [2.05, 4.69) is 31.2 Å². The zero-order chi connectivity index (χ0) is 16.2. The SMILES string of the molecule is Cc1cc(CCc2ccc(C3CCC(C)CC3)cc2)ccc1F. The highest BCUT2D eigenvalue weighted by molar-refractivity contribution is 5.28. The molecule has 0 spiro atoms. The molecule has 1 heteroatoms. The van der Waals surface area contributed by atoms with Gasteiger partial charge in [0.15, 0.2) is 0 Å². The number of aryl methyl sites for hydroxylation is 3. The third-order valence-electron chi connectivity index (χ3n) is 5.39. The maximum absolute atomic E-state index is 13.3. The summed E-state index contributed by atoms with van der Waals surface area (Å²) in [5.74, 6) is 1.56. The third kappa shape index (κ3) is 4.22. The van der Waals surface area contributed by atoms with Gasteiger partial charge in [-0.15, -0.1) is 0 Å². The molecule has 0 unspecified atom stereocenters. The van der Waals surface area contributed by atoms with Gasteiger partial charge in [0.1, 0.15) is 5.82 Å². The van der Waals surface area contributed by atoms with E-state index in [0.29, 0.717) is 0 Å². The van der Waals surface area contributed by atoms with Crippen molar-refractivity contribution in [2.45, 2.75) is 58.3 Å². The second kappa shape index (κ2) is 7.29. The van der Waals surface area contributed by atoms with E-state index < -0.39 is 0 Å². The van der Waals surface area contributed by atoms with Gasteiger partial charge in [0, 0.05) is 0 Å². The Morgan fingerprint density at radius 2 is 1.48 bits per heavy atom. The summed E-state index contributed by atoms with van der Waals surface area (Å²) in [6.07, 6.45) is 7.42. The summed E-state index contributed by atoms with van der Waals surface area (Å²) in [5.41, 5.74) is 4.84. The van der Waals surface area contributed by atoms with Crippen LogP contribution in [-0.4, -0.2) is 0 Å². The van der Waals surface area contributed by atoms with E-state index in [1.54, 1.807) is 6.07 Å². The standard InChI is InChI=1S/C22H27F/c1-16-3-10-20(11-4-16)21-12-7-18(8-13-21)5-6-19-9-14-22(23)17(2)15-19/h7-9,12-16,20H,3-6,10-11H2,1-2H3. The van der Waals surface area contributed by atoms with E-state index in [1.165, 1.54) is 42.4 Å². The van der Waals surface area contributed by atoms with Crippen LogP contribution < -0.4 is 0 Å². The van der Waals surface area contributed by atoms with Crippen LogP contribution in [0, 0.1) is 18.7 Å². The Morgan fingerprint density at radius 1 is 0.870 bits per heavy atom. The maximum atomic E-state index is 13.3. The van der Waals surface area contributed by atoms with Crippen molar-refractivity contribution in [1.29, 1.82) is 0 Å². The minimum absolute atomic E-state index is 0.111. The Labute approximate surface area is 139 Å². The van der Waals surface area contributed by atoms with Crippen molar-refractivity contribution in [2.24, 2.45) is 5.92 Å². The lowest BCUT2D eigenvalue weighted by atomic mass is 9.79. The van der Waals surface area contributed by atoms with Gasteiger partial charge < -0.3 is 0 Å². The molecule has 0 heterocycles. The van der Waals surface area contributed by atoms with Crippen molar-refractivity contribution in [1.82, 2.24) is 0 Å². The molecule has 2 aromatic carbocycles. The summed E-state index contributed by atoms with van der Waals surface area (Å²) in [6, 6.07) is 14.7. The van der Waals surface area contributed by atoms with E-state index in [9.17, 15) is 4.39 Å². The lowest BCUT2D eigenvalue weighted by Gasteiger charge is -2.26. The fourth-order valence-electron chi connectivity index (χ4n) is 3.70. The van der Waals surface area contributed by atoms with Crippen molar-refractivity contribution in [2.75, 3.05) is 0 Å². The van der Waals surface area contributed by atoms with Gasteiger partial charge in [-0.25, -0.2) is 4.39 Å². The number of benzene rings is 2. The van der Waals surface area contributed by atoms with Gasteiger partial charge in [0.2, 0.25) is 0 Å².